The quantitative estimate of drug-likeness (QED) is 0.612. The highest BCUT2D eigenvalue weighted by molar-refractivity contribution is 8.00. The fourth-order valence-corrected chi connectivity index (χ4v) is 3.55. The number of ether oxygens (including phenoxy) is 2. The molecule has 0 saturated heterocycles. The molecule has 2 aromatic rings. The molecule has 134 valence electrons. The van der Waals surface area contributed by atoms with E-state index in [1.807, 2.05) is 0 Å². The molecule has 0 spiro atoms. The fourth-order valence-electron chi connectivity index (χ4n) is 2.38. The van der Waals surface area contributed by atoms with Gasteiger partial charge in [0.15, 0.2) is 0 Å². The van der Waals surface area contributed by atoms with Crippen LogP contribution < -0.4 is 10.1 Å². The van der Waals surface area contributed by atoms with Gasteiger partial charge in [-0.25, -0.2) is 9.59 Å². The molecule has 1 aliphatic heterocycles. The van der Waals surface area contributed by atoms with Crippen molar-refractivity contribution in [3.63, 3.8) is 0 Å². The summed E-state index contributed by atoms with van der Waals surface area (Å²) in [5.74, 6) is 1.01. The zero-order chi connectivity index (χ0) is 18.5. The zero-order valence-corrected chi connectivity index (χ0v) is 15.5. The second-order valence-electron chi connectivity index (χ2n) is 5.49. The predicted molar refractivity (Wildman–Crippen MR) is 103 cm³/mol. The number of anilines is 1. The molecule has 0 saturated carbocycles. The average molecular weight is 390 g/mol. The summed E-state index contributed by atoms with van der Waals surface area (Å²) in [4.78, 5) is 23.8. The topological polar surface area (TPSA) is 64.6 Å². The number of carbonyl (C=O) groups is 2. The molecule has 26 heavy (non-hydrogen) atoms. The minimum absolute atomic E-state index is 0.314. The number of methoxy groups -OCH3 is 1. The SMILES string of the molecule is COC(=O)C1=C(Nc2ccc(OC(=O)c3ccc(Cl)cc3)cc2)CSC1. The summed E-state index contributed by atoms with van der Waals surface area (Å²) in [7, 11) is 1.37. The Balaban J connectivity index is 1.66. The van der Waals surface area contributed by atoms with Crippen molar-refractivity contribution in [1.29, 1.82) is 0 Å². The predicted octanol–water partition coefficient (Wildman–Crippen LogP) is 4.15. The molecular weight excluding hydrogens is 374 g/mol. The summed E-state index contributed by atoms with van der Waals surface area (Å²) in [6.45, 7) is 0. The molecule has 0 aliphatic carbocycles. The number of hydrogen-bond acceptors (Lipinski definition) is 6. The maximum atomic E-state index is 12.1. The molecule has 0 amide bonds. The van der Waals surface area contributed by atoms with Crippen molar-refractivity contribution in [3.05, 3.63) is 70.4 Å². The molecule has 1 heterocycles. The number of thioether (sulfide) groups is 1. The zero-order valence-electron chi connectivity index (χ0n) is 14.0. The van der Waals surface area contributed by atoms with Gasteiger partial charge >= 0.3 is 11.9 Å². The van der Waals surface area contributed by atoms with Gasteiger partial charge < -0.3 is 14.8 Å². The normalized spacial score (nSPS) is 13.5. The van der Waals surface area contributed by atoms with E-state index in [1.165, 1.54) is 7.11 Å². The third kappa shape index (κ3) is 4.39. The average Bonchev–Trinajstić information content (AvgIpc) is 3.11. The van der Waals surface area contributed by atoms with Gasteiger partial charge in [0.1, 0.15) is 5.75 Å². The van der Waals surface area contributed by atoms with E-state index in [0.717, 1.165) is 17.1 Å². The van der Waals surface area contributed by atoms with Crippen LogP contribution in [0.5, 0.6) is 5.75 Å². The van der Waals surface area contributed by atoms with Crippen molar-refractivity contribution in [2.75, 3.05) is 23.9 Å². The number of carbonyl (C=O) groups excluding carboxylic acids is 2. The van der Waals surface area contributed by atoms with Crippen LogP contribution in [0.2, 0.25) is 5.02 Å². The second-order valence-corrected chi connectivity index (χ2v) is 6.91. The van der Waals surface area contributed by atoms with Crippen LogP contribution in [0.4, 0.5) is 5.69 Å². The van der Waals surface area contributed by atoms with Gasteiger partial charge in [0.05, 0.1) is 18.2 Å². The van der Waals surface area contributed by atoms with E-state index in [1.54, 1.807) is 60.3 Å². The third-order valence-electron chi connectivity index (χ3n) is 3.73. The highest BCUT2D eigenvalue weighted by atomic mass is 35.5. The number of esters is 2. The highest BCUT2D eigenvalue weighted by Gasteiger charge is 2.22. The van der Waals surface area contributed by atoms with E-state index in [2.05, 4.69) is 5.32 Å². The first-order chi connectivity index (χ1) is 12.6. The van der Waals surface area contributed by atoms with Gasteiger partial charge in [-0.1, -0.05) is 11.6 Å². The molecule has 0 unspecified atom stereocenters. The molecule has 1 N–H and O–H groups in total. The lowest BCUT2D eigenvalue weighted by atomic mass is 10.2. The van der Waals surface area contributed by atoms with Crippen LogP contribution in [0.3, 0.4) is 0 Å². The van der Waals surface area contributed by atoms with Gasteiger partial charge in [-0.15, -0.1) is 0 Å². The lowest BCUT2D eigenvalue weighted by Gasteiger charge is -2.10. The Hall–Kier alpha value is -2.44. The number of nitrogens with one attached hydrogen (secondary N) is 1. The van der Waals surface area contributed by atoms with Crippen LogP contribution in [0.1, 0.15) is 10.4 Å². The molecule has 7 heteroatoms. The van der Waals surface area contributed by atoms with Crippen LogP contribution in [0, 0.1) is 0 Å². The minimum atomic E-state index is -0.453. The largest absolute Gasteiger partial charge is 0.466 e. The Kier molecular flexibility index (Phi) is 5.85. The van der Waals surface area contributed by atoms with E-state index >= 15 is 0 Å². The monoisotopic (exact) mass is 389 g/mol. The van der Waals surface area contributed by atoms with Gasteiger partial charge in [-0.3, -0.25) is 0 Å². The van der Waals surface area contributed by atoms with Crippen molar-refractivity contribution in [3.8, 4) is 5.75 Å². The lowest BCUT2D eigenvalue weighted by Crippen LogP contribution is -2.11. The first kappa shape index (κ1) is 18.4. The van der Waals surface area contributed by atoms with E-state index in [4.69, 9.17) is 21.1 Å². The van der Waals surface area contributed by atoms with Gasteiger partial charge in [0, 0.05) is 27.9 Å². The Morgan fingerprint density at radius 3 is 2.35 bits per heavy atom. The summed E-state index contributed by atoms with van der Waals surface area (Å²) in [6, 6.07) is 13.4. The second kappa shape index (κ2) is 8.29. The lowest BCUT2D eigenvalue weighted by molar-refractivity contribution is -0.136. The van der Waals surface area contributed by atoms with Crippen molar-refractivity contribution in [2.24, 2.45) is 0 Å². The van der Waals surface area contributed by atoms with Crippen molar-refractivity contribution in [2.45, 2.75) is 0 Å². The molecule has 0 radical (unpaired) electrons. The van der Waals surface area contributed by atoms with Crippen molar-refractivity contribution < 1.29 is 19.1 Å². The number of rotatable bonds is 5. The summed E-state index contributed by atoms with van der Waals surface area (Å²) in [6.07, 6.45) is 0. The summed E-state index contributed by atoms with van der Waals surface area (Å²) < 4.78 is 10.1. The van der Waals surface area contributed by atoms with Crippen LogP contribution >= 0.6 is 23.4 Å². The van der Waals surface area contributed by atoms with Crippen LogP contribution in [-0.2, 0) is 9.53 Å². The Morgan fingerprint density at radius 2 is 1.69 bits per heavy atom. The maximum Gasteiger partial charge on any atom is 0.343 e. The van der Waals surface area contributed by atoms with Gasteiger partial charge in [0.25, 0.3) is 0 Å². The van der Waals surface area contributed by atoms with Crippen molar-refractivity contribution in [1.82, 2.24) is 0 Å². The maximum absolute atomic E-state index is 12.1. The van der Waals surface area contributed by atoms with E-state index in [-0.39, 0.29) is 5.97 Å². The Bertz CT molecular complexity index is 847. The smallest absolute Gasteiger partial charge is 0.343 e. The molecule has 1 aliphatic rings. The molecule has 2 aromatic carbocycles. The number of halogens is 1. The first-order valence-electron chi connectivity index (χ1n) is 7.80. The molecular formula is C19H16ClNO4S. The van der Waals surface area contributed by atoms with Gasteiger partial charge in [-0.2, -0.15) is 11.8 Å². The van der Waals surface area contributed by atoms with Crippen LogP contribution in [0.15, 0.2) is 59.8 Å². The number of hydrogen-bond donors (Lipinski definition) is 1. The molecule has 0 bridgehead atoms. The summed E-state index contributed by atoms with van der Waals surface area (Å²) in [5.41, 5.74) is 2.71. The molecule has 5 nitrogen and oxygen atoms in total. The fraction of sp³-hybridized carbons (Fsp3) is 0.158. The van der Waals surface area contributed by atoms with Gasteiger partial charge in [0.2, 0.25) is 0 Å². The Morgan fingerprint density at radius 1 is 1.00 bits per heavy atom. The molecule has 3 rings (SSSR count). The highest BCUT2D eigenvalue weighted by Crippen LogP contribution is 2.27. The molecule has 0 aromatic heterocycles. The standard InChI is InChI=1S/C19H16ClNO4S/c1-24-19(23)16-10-26-11-17(16)21-14-6-8-15(9-7-14)25-18(22)12-2-4-13(20)5-3-12/h2-9,21H,10-11H2,1H3. The van der Waals surface area contributed by atoms with Crippen molar-refractivity contribution >= 4 is 41.0 Å². The van der Waals surface area contributed by atoms with Crippen LogP contribution in [-0.4, -0.2) is 30.6 Å². The van der Waals surface area contributed by atoms with E-state index in [0.29, 0.717) is 27.7 Å². The summed E-state index contributed by atoms with van der Waals surface area (Å²) in [5, 5.41) is 3.79. The third-order valence-corrected chi connectivity index (χ3v) is 4.97. The first-order valence-corrected chi connectivity index (χ1v) is 9.33. The van der Waals surface area contributed by atoms with Crippen LogP contribution in [0.25, 0.3) is 0 Å². The number of benzene rings is 2. The Labute approximate surface area is 160 Å². The van der Waals surface area contributed by atoms with E-state index in [9.17, 15) is 9.59 Å². The molecule has 0 atom stereocenters. The summed E-state index contributed by atoms with van der Waals surface area (Å²) >= 11 is 7.46. The molecule has 0 fully saturated rings. The van der Waals surface area contributed by atoms with E-state index < -0.39 is 5.97 Å². The van der Waals surface area contributed by atoms with Gasteiger partial charge in [-0.05, 0) is 48.5 Å². The minimum Gasteiger partial charge on any atom is -0.466 e.